The lowest BCUT2D eigenvalue weighted by Crippen LogP contribution is -2.64. The highest BCUT2D eigenvalue weighted by atomic mass is 32.1. The van der Waals surface area contributed by atoms with Crippen LogP contribution in [0.5, 0.6) is 0 Å². The zero-order valence-electron chi connectivity index (χ0n) is 19.1. The third-order valence-corrected chi connectivity index (χ3v) is 8.58. The minimum atomic E-state index is -0.956. The van der Waals surface area contributed by atoms with Crippen molar-refractivity contribution in [2.75, 3.05) is 13.2 Å². The average Bonchev–Trinajstić information content (AvgIpc) is 3.52. The Kier molecular flexibility index (Phi) is 6.20. The molecule has 2 aromatic rings. The molecule has 0 aromatic carbocycles. The molecule has 4 aliphatic rings. The highest BCUT2D eigenvalue weighted by molar-refractivity contribution is 7.19. The summed E-state index contributed by atoms with van der Waals surface area (Å²) in [6, 6.07) is 2.21. The zero-order valence-corrected chi connectivity index (χ0v) is 20.0. The minimum Gasteiger partial charge on any atom is -0.389 e. The number of hydrogen-bond donors (Lipinski definition) is 4. The van der Waals surface area contributed by atoms with Crippen molar-refractivity contribution in [2.45, 2.75) is 63.6 Å². The SMILES string of the molecule is Cc1cc2[nH]c(C(=O)N3C4CCC(CC4)[C@H]3C(=O)N[C@H](C[C@@H]3CCNC3=O)C(=O)CO)cc2s1. The summed E-state index contributed by atoms with van der Waals surface area (Å²) in [5, 5.41) is 15.0. The molecule has 34 heavy (non-hydrogen) atoms. The van der Waals surface area contributed by atoms with Gasteiger partial charge in [-0.15, -0.1) is 11.3 Å². The van der Waals surface area contributed by atoms with Gasteiger partial charge in [0.05, 0.1) is 16.3 Å². The summed E-state index contributed by atoms with van der Waals surface area (Å²) in [6.45, 7) is 1.85. The van der Waals surface area contributed by atoms with Crippen LogP contribution in [0.2, 0.25) is 0 Å². The predicted molar refractivity (Wildman–Crippen MR) is 126 cm³/mol. The maximum atomic E-state index is 13.6. The molecule has 0 radical (unpaired) electrons. The molecule has 9 nitrogen and oxygen atoms in total. The molecule has 6 rings (SSSR count). The van der Waals surface area contributed by atoms with Crippen LogP contribution >= 0.6 is 11.3 Å². The standard InChI is InChI=1S/C24H30N4O5S/c1-12-8-17-20(34-12)10-18(26-17)24(33)28-15-4-2-13(3-5-15)21(28)23(32)27-16(19(30)11-29)9-14-6-7-25-22(14)31/h8,10,13-16,21,26,29H,2-7,9,11H2,1H3,(H,25,31)(H,27,32)/t13?,14-,15?,16+,21-/m0/s1. The molecule has 5 heterocycles. The zero-order chi connectivity index (χ0) is 24.0. The predicted octanol–water partition coefficient (Wildman–Crippen LogP) is 1.49. The summed E-state index contributed by atoms with van der Waals surface area (Å²) in [5.74, 6) is -1.59. The van der Waals surface area contributed by atoms with Gasteiger partial charge in [0.25, 0.3) is 5.91 Å². The normalized spacial score (nSPS) is 27.1. The maximum absolute atomic E-state index is 13.6. The third kappa shape index (κ3) is 4.13. The molecule has 182 valence electrons. The number of fused-ring (bicyclic) bond motifs is 4. The number of aromatic nitrogens is 1. The third-order valence-electron chi connectivity index (χ3n) is 7.59. The largest absolute Gasteiger partial charge is 0.389 e. The molecule has 3 aliphatic heterocycles. The summed E-state index contributed by atoms with van der Waals surface area (Å²) in [6.07, 6.45) is 4.17. The van der Waals surface area contributed by atoms with Crippen molar-refractivity contribution < 1.29 is 24.3 Å². The van der Waals surface area contributed by atoms with E-state index in [2.05, 4.69) is 15.6 Å². The molecule has 1 aliphatic carbocycles. The number of piperidine rings is 2. The lowest BCUT2D eigenvalue weighted by Gasteiger charge is -2.50. The second-order valence-electron chi connectivity index (χ2n) is 9.74. The van der Waals surface area contributed by atoms with Gasteiger partial charge < -0.3 is 25.6 Å². The van der Waals surface area contributed by atoms with Crippen molar-refractivity contribution in [3.63, 3.8) is 0 Å². The van der Waals surface area contributed by atoms with Gasteiger partial charge in [0, 0.05) is 23.4 Å². The Morgan fingerprint density at radius 2 is 1.97 bits per heavy atom. The molecule has 3 atom stereocenters. The molecular formula is C24H30N4O5S. The number of nitrogens with zero attached hydrogens (tertiary/aromatic N) is 1. The number of aliphatic hydroxyl groups is 1. The molecular weight excluding hydrogens is 456 g/mol. The monoisotopic (exact) mass is 486 g/mol. The van der Waals surface area contributed by atoms with E-state index >= 15 is 0 Å². The van der Waals surface area contributed by atoms with Gasteiger partial charge in [0.1, 0.15) is 18.3 Å². The van der Waals surface area contributed by atoms with Crippen LogP contribution in [0.4, 0.5) is 0 Å². The fourth-order valence-corrected chi connectivity index (χ4v) is 6.80. The quantitative estimate of drug-likeness (QED) is 0.471. The van der Waals surface area contributed by atoms with Gasteiger partial charge in [-0.2, -0.15) is 0 Å². The molecule has 0 spiro atoms. The minimum absolute atomic E-state index is 0.0203. The average molecular weight is 487 g/mol. The van der Waals surface area contributed by atoms with E-state index in [0.717, 1.165) is 40.8 Å². The van der Waals surface area contributed by atoms with E-state index in [4.69, 9.17) is 0 Å². The van der Waals surface area contributed by atoms with Crippen molar-refractivity contribution in [3.05, 3.63) is 22.7 Å². The molecule has 1 saturated carbocycles. The molecule has 3 saturated heterocycles. The Bertz CT molecular complexity index is 1100. The van der Waals surface area contributed by atoms with Crippen molar-refractivity contribution in [3.8, 4) is 0 Å². The lowest BCUT2D eigenvalue weighted by atomic mass is 9.74. The molecule has 0 unspecified atom stereocenters. The molecule has 2 aromatic heterocycles. The van der Waals surface area contributed by atoms with Crippen LogP contribution in [-0.2, 0) is 14.4 Å². The van der Waals surface area contributed by atoms with Crippen LogP contribution in [0.25, 0.3) is 10.2 Å². The van der Waals surface area contributed by atoms with Crippen LogP contribution in [0.1, 0.15) is 53.9 Å². The first-order chi connectivity index (χ1) is 16.4. The molecule has 4 fully saturated rings. The highest BCUT2D eigenvalue weighted by Crippen LogP contribution is 2.41. The Hall–Kier alpha value is -2.72. The number of carbonyl (C=O) groups is 4. The number of Topliss-reactive ketones (excluding diaryl/α,β-unsaturated/α-hetero) is 1. The van der Waals surface area contributed by atoms with E-state index in [9.17, 15) is 24.3 Å². The summed E-state index contributed by atoms with van der Waals surface area (Å²) in [5.41, 5.74) is 1.38. The Morgan fingerprint density at radius 1 is 1.21 bits per heavy atom. The van der Waals surface area contributed by atoms with E-state index in [-0.39, 0.29) is 42.0 Å². The molecule has 3 amide bonds. The van der Waals surface area contributed by atoms with Gasteiger partial charge in [-0.25, -0.2) is 0 Å². The van der Waals surface area contributed by atoms with E-state index in [1.54, 1.807) is 16.2 Å². The number of rotatable bonds is 7. The van der Waals surface area contributed by atoms with Gasteiger partial charge in [-0.05, 0) is 63.5 Å². The lowest BCUT2D eigenvalue weighted by molar-refractivity contribution is -0.137. The van der Waals surface area contributed by atoms with Gasteiger partial charge in [-0.3, -0.25) is 19.2 Å². The Balaban J connectivity index is 1.38. The van der Waals surface area contributed by atoms with Gasteiger partial charge in [-0.1, -0.05) is 0 Å². The Morgan fingerprint density at radius 3 is 2.62 bits per heavy atom. The van der Waals surface area contributed by atoms with Crippen LogP contribution in [0.3, 0.4) is 0 Å². The number of aryl methyl sites for hydroxylation is 1. The van der Waals surface area contributed by atoms with E-state index < -0.39 is 24.5 Å². The molecule has 2 bridgehead atoms. The number of hydrogen-bond acceptors (Lipinski definition) is 6. The van der Waals surface area contributed by atoms with E-state index in [1.165, 1.54) is 0 Å². The van der Waals surface area contributed by atoms with Crippen LogP contribution in [0, 0.1) is 18.8 Å². The van der Waals surface area contributed by atoms with Crippen molar-refractivity contribution >= 4 is 45.1 Å². The number of H-pyrrole nitrogens is 1. The highest BCUT2D eigenvalue weighted by Gasteiger charge is 2.48. The number of aromatic amines is 1. The topological polar surface area (TPSA) is 132 Å². The second-order valence-corrected chi connectivity index (χ2v) is 11.0. The van der Waals surface area contributed by atoms with Gasteiger partial charge in [0.2, 0.25) is 11.8 Å². The Labute approximate surface area is 201 Å². The van der Waals surface area contributed by atoms with E-state index in [1.807, 2.05) is 19.1 Å². The number of aliphatic hydroxyl groups excluding tert-OH is 1. The number of carbonyl (C=O) groups excluding carboxylic acids is 4. The molecule has 10 heteroatoms. The van der Waals surface area contributed by atoms with Gasteiger partial charge in [0.15, 0.2) is 5.78 Å². The molecule has 4 N–H and O–H groups in total. The fourth-order valence-electron chi connectivity index (χ4n) is 5.88. The van der Waals surface area contributed by atoms with Crippen LogP contribution in [-0.4, -0.2) is 69.8 Å². The van der Waals surface area contributed by atoms with Crippen molar-refractivity contribution in [1.29, 1.82) is 0 Å². The van der Waals surface area contributed by atoms with Crippen LogP contribution < -0.4 is 10.6 Å². The maximum Gasteiger partial charge on any atom is 0.271 e. The first-order valence-electron chi connectivity index (χ1n) is 12.0. The first kappa shape index (κ1) is 23.0. The number of nitrogens with one attached hydrogen (secondary N) is 3. The van der Waals surface area contributed by atoms with Crippen molar-refractivity contribution in [2.24, 2.45) is 11.8 Å². The summed E-state index contributed by atoms with van der Waals surface area (Å²) in [4.78, 5) is 57.7. The van der Waals surface area contributed by atoms with Gasteiger partial charge >= 0.3 is 0 Å². The number of amides is 3. The summed E-state index contributed by atoms with van der Waals surface area (Å²) in [7, 11) is 0. The summed E-state index contributed by atoms with van der Waals surface area (Å²) < 4.78 is 1.01. The van der Waals surface area contributed by atoms with Crippen LogP contribution in [0.15, 0.2) is 12.1 Å². The number of thiophene rings is 1. The second kappa shape index (κ2) is 9.14. The number of ketones is 1. The summed E-state index contributed by atoms with van der Waals surface area (Å²) >= 11 is 1.61. The first-order valence-corrected chi connectivity index (χ1v) is 12.8. The van der Waals surface area contributed by atoms with Crippen molar-refractivity contribution in [1.82, 2.24) is 20.5 Å². The fraction of sp³-hybridized carbons (Fsp3) is 0.583. The van der Waals surface area contributed by atoms with E-state index in [0.29, 0.717) is 18.7 Å². The smallest absolute Gasteiger partial charge is 0.271 e.